The van der Waals surface area contributed by atoms with E-state index in [1.54, 1.807) is 0 Å². The molecule has 2 aromatic rings. The average Bonchev–Trinajstić information content (AvgIpc) is 2.45. The molecule has 0 saturated carbocycles. The zero-order valence-electron chi connectivity index (χ0n) is 11.0. The van der Waals surface area contributed by atoms with Crippen LogP contribution in [-0.4, -0.2) is 11.6 Å². The Hall–Kier alpha value is -2.63. The molecule has 0 saturated heterocycles. The summed E-state index contributed by atoms with van der Waals surface area (Å²) in [6.07, 6.45) is 0. The first-order chi connectivity index (χ1) is 9.99. The number of hydrazone groups is 1. The standard InChI is InChI=1S/C15H11F3N2O/c1-9(11-7-6-10(16)8-14(11)18)19-20-15(21)12-4-2-3-5-13(12)17/h2-8H,1H3,(H,20,21)/b19-9-. The average molecular weight is 292 g/mol. The summed E-state index contributed by atoms with van der Waals surface area (Å²) >= 11 is 0. The van der Waals surface area contributed by atoms with Gasteiger partial charge in [-0.1, -0.05) is 12.1 Å². The maximum Gasteiger partial charge on any atom is 0.274 e. The van der Waals surface area contributed by atoms with E-state index in [1.165, 1.54) is 31.2 Å². The van der Waals surface area contributed by atoms with Crippen molar-refractivity contribution >= 4 is 11.6 Å². The van der Waals surface area contributed by atoms with Crippen LogP contribution in [-0.2, 0) is 0 Å². The van der Waals surface area contributed by atoms with Gasteiger partial charge < -0.3 is 0 Å². The molecule has 2 rings (SSSR count). The Bertz CT molecular complexity index is 714. The molecule has 108 valence electrons. The van der Waals surface area contributed by atoms with Crippen LogP contribution in [0, 0.1) is 17.5 Å². The molecular formula is C15H11F3N2O. The molecule has 6 heteroatoms. The van der Waals surface area contributed by atoms with Gasteiger partial charge in [-0.25, -0.2) is 18.6 Å². The second-order valence-electron chi connectivity index (χ2n) is 4.24. The predicted molar refractivity (Wildman–Crippen MR) is 72.4 cm³/mol. The summed E-state index contributed by atoms with van der Waals surface area (Å²) in [6, 6.07) is 8.41. The highest BCUT2D eigenvalue weighted by atomic mass is 19.1. The van der Waals surface area contributed by atoms with E-state index >= 15 is 0 Å². The zero-order chi connectivity index (χ0) is 15.4. The van der Waals surface area contributed by atoms with Gasteiger partial charge in [0.05, 0.1) is 11.3 Å². The number of carbonyl (C=O) groups is 1. The number of nitrogens with zero attached hydrogens (tertiary/aromatic N) is 1. The molecule has 0 fully saturated rings. The van der Waals surface area contributed by atoms with Crippen LogP contribution in [0.4, 0.5) is 13.2 Å². The minimum absolute atomic E-state index is 0.0465. The molecule has 0 aromatic heterocycles. The highest BCUT2D eigenvalue weighted by Crippen LogP contribution is 2.11. The van der Waals surface area contributed by atoms with Crippen LogP contribution in [0.1, 0.15) is 22.8 Å². The smallest absolute Gasteiger partial charge is 0.267 e. The summed E-state index contributed by atoms with van der Waals surface area (Å²) in [5.74, 6) is -2.94. The molecule has 0 aliphatic rings. The van der Waals surface area contributed by atoms with Crippen molar-refractivity contribution < 1.29 is 18.0 Å². The van der Waals surface area contributed by atoms with Crippen LogP contribution >= 0.6 is 0 Å². The maximum atomic E-state index is 13.5. The first-order valence-corrected chi connectivity index (χ1v) is 6.03. The Morgan fingerprint density at radius 3 is 2.38 bits per heavy atom. The molecule has 0 aliphatic heterocycles. The van der Waals surface area contributed by atoms with Crippen LogP contribution in [0.25, 0.3) is 0 Å². The van der Waals surface area contributed by atoms with Gasteiger partial charge in [0.2, 0.25) is 0 Å². The third-order valence-electron chi connectivity index (χ3n) is 2.76. The van der Waals surface area contributed by atoms with Gasteiger partial charge in [0.25, 0.3) is 5.91 Å². The fourth-order valence-electron chi connectivity index (χ4n) is 1.68. The van der Waals surface area contributed by atoms with Gasteiger partial charge in [-0.3, -0.25) is 4.79 Å². The summed E-state index contributed by atoms with van der Waals surface area (Å²) in [5, 5.41) is 3.69. The Labute approximate surface area is 119 Å². The van der Waals surface area contributed by atoms with E-state index in [-0.39, 0.29) is 16.8 Å². The number of amides is 1. The van der Waals surface area contributed by atoms with Crippen molar-refractivity contribution in [3.05, 3.63) is 71.0 Å². The van der Waals surface area contributed by atoms with Gasteiger partial charge in [0, 0.05) is 11.6 Å². The molecule has 0 unspecified atom stereocenters. The largest absolute Gasteiger partial charge is 0.274 e. The zero-order valence-corrected chi connectivity index (χ0v) is 11.0. The number of hydrogen-bond donors (Lipinski definition) is 1. The third-order valence-corrected chi connectivity index (χ3v) is 2.76. The highest BCUT2D eigenvalue weighted by Gasteiger charge is 2.11. The molecule has 0 spiro atoms. The van der Waals surface area contributed by atoms with Crippen LogP contribution < -0.4 is 5.43 Å². The van der Waals surface area contributed by atoms with Gasteiger partial charge in [-0.15, -0.1) is 0 Å². The van der Waals surface area contributed by atoms with Gasteiger partial charge >= 0.3 is 0 Å². The summed E-state index contributed by atoms with van der Waals surface area (Å²) in [6.45, 7) is 1.44. The highest BCUT2D eigenvalue weighted by molar-refractivity contribution is 6.01. The molecular weight excluding hydrogens is 281 g/mol. The van der Waals surface area contributed by atoms with Crippen molar-refractivity contribution in [1.82, 2.24) is 5.43 Å². The van der Waals surface area contributed by atoms with E-state index < -0.39 is 23.4 Å². The predicted octanol–water partition coefficient (Wildman–Crippen LogP) is 3.26. The van der Waals surface area contributed by atoms with Crippen molar-refractivity contribution in [2.75, 3.05) is 0 Å². The van der Waals surface area contributed by atoms with E-state index in [0.29, 0.717) is 6.07 Å². The van der Waals surface area contributed by atoms with Gasteiger partial charge in [-0.2, -0.15) is 5.10 Å². The number of halogens is 3. The molecule has 1 N–H and O–H groups in total. The third kappa shape index (κ3) is 3.47. The van der Waals surface area contributed by atoms with E-state index in [0.717, 1.165) is 12.1 Å². The molecule has 0 radical (unpaired) electrons. The minimum Gasteiger partial charge on any atom is -0.267 e. The van der Waals surface area contributed by atoms with Crippen LogP contribution in [0.3, 0.4) is 0 Å². The van der Waals surface area contributed by atoms with Gasteiger partial charge in [0.1, 0.15) is 17.5 Å². The molecule has 2 aromatic carbocycles. The molecule has 0 aliphatic carbocycles. The van der Waals surface area contributed by atoms with E-state index in [1.807, 2.05) is 0 Å². The second kappa shape index (κ2) is 6.21. The van der Waals surface area contributed by atoms with Crippen LogP contribution in [0.2, 0.25) is 0 Å². The van der Waals surface area contributed by atoms with Crippen LogP contribution in [0.5, 0.6) is 0 Å². The number of rotatable bonds is 3. The first-order valence-electron chi connectivity index (χ1n) is 6.03. The first kappa shape index (κ1) is 14.8. The maximum absolute atomic E-state index is 13.5. The molecule has 0 heterocycles. The Balaban J connectivity index is 2.17. The van der Waals surface area contributed by atoms with Crippen molar-refractivity contribution in [3.63, 3.8) is 0 Å². The minimum atomic E-state index is -0.795. The Kier molecular flexibility index (Phi) is 4.37. The summed E-state index contributed by atoms with van der Waals surface area (Å²) in [7, 11) is 0. The summed E-state index contributed by atoms with van der Waals surface area (Å²) < 4.78 is 39.7. The Morgan fingerprint density at radius 1 is 1.00 bits per heavy atom. The van der Waals surface area contributed by atoms with Crippen molar-refractivity contribution in [3.8, 4) is 0 Å². The number of nitrogens with one attached hydrogen (secondary N) is 1. The van der Waals surface area contributed by atoms with Gasteiger partial charge in [0.15, 0.2) is 0 Å². The van der Waals surface area contributed by atoms with Crippen molar-refractivity contribution in [2.45, 2.75) is 6.92 Å². The quantitative estimate of drug-likeness (QED) is 0.684. The lowest BCUT2D eigenvalue weighted by Gasteiger charge is -2.05. The summed E-state index contributed by atoms with van der Waals surface area (Å²) in [4.78, 5) is 11.7. The lowest BCUT2D eigenvalue weighted by atomic mass is 10.1. The lowest BCUT2D eigenvalue weighted by Crippen LogP contribution is -2.20. The fourth-order valence-corrected chi connectivity index (χ4v) is 1.68. The van der Waals surface area contributed by atoms with Crippen molar-refractivity contribution in [1.29, 1.82) is 0 Å². The SMILES string of the molecule is C/C(=N/NC(=O)c1ccccc1F)c1ccc(F)cc1F. The number of benzene rings is 2. The fraction of sp³-hybridized carbons (Fsp3) is 0.0667. The number of hydrogen-bond acceptors (Lipinski definition) is 2. The van der Waals surface area contributed by atoms with Crippen molar-refractivity contribution in [2.24, 2.45) is 5.10 Å². The van der Waals surface area contributed by atoms with E-state index in [9.17, 15) is 18.0 Å². The van der Waals surface area contributed by atoms with Crippen LogP contribution in [0.15, 0.2) is 47.6 Å². The Morgan fingerprint density at radius 2 is 1.71 bits per heavy atom. The van der Waals surface area contributed by atoms with E-state index in [2.05, 4.69) is 10.5 Å². The van der Waals surface area contributed by atoms with Gasteiger partial charge in [-0.05, 0) is 31.2 Å². The summed E-state index contributed by atoms with van der Waals surface area (Å²) in [5.41, 5.74) is 2.14. The van der Waals surface area contributed by atoms with E-state index in [4.69, 9.17) is 0 Å². The molecule has 0 atom stereocenters. The second-order valence-corrected chi connectivity index (χ2v) is 4.24. The topological polar surface area (TPSA) is 41.5 Å². The molecule has 3 nitrogen and oxygen atoms in total. The normalized spacial score (nSPS) is 11.3. The molecule has 21 heavy (non-hydrogen) atoms. The molecule has 0 bridgehead atoms. The monoisotopic (exact) mass is 292 g/mol. The lowest BCUT2D eigenvalue weighted by molar-refractivity contribution is 0.0951. The number of carbonyl (C=O) groups excluding carboxylic acids is 1. The molecule has 1 amide bonds.